The van der Waals surface area contributed by atoms with E-state index >= 15 is 0 Å². The first kappa shape index (κ1) is 45.1. The normalized spacial score (nSPS) is 23.3. The van der Waals surface area contributed by atoms with Crippen molar-refractivity contribution >= 4 is 64.4 Å². The fourth-order valence-electron chi connectivity index (χ4n) is 14.1. The van der Waals surface area contributed by atoms with Crippen LogP contribution < -0.4 is 20.7 Å². The van der Waals surface area contributed by atoms with Gasteiger partial charge in [-0.1, -0.05) is 139 Å². The number of nitrogens with zero attached hydrogens (tertiary/aromatic N) is 2. The van der Waals surface area contributed by atoms with Crippen LogP contribution >= 0.6 is 12.6 Å². The highest BCUT2D eigenvalue weighted by Crippen LogP contribution is 2.60. The summed E-state index contributed by atoms with van der Waals surface area (Å²) in [7, 11) is 0. The van der Waals surface area contributed by atoms with E-state index in [1.165, 1.54) is 127 Å². The standard InChI is InChI=1S/C63H75BN2S/c1-37-31-52-55-53(32-37)66(50-22-18-21-44-54(50)41-19-16-17-20-43(41)63(44,14)15)51-36-48-47(61(10,11)29-30-62(48,12)13)35-49(51)64(55)57(67)56(65(52)40-25-23-39(24-26-40)58(3,4)5)42-34-46-45(33-38(42)2)59(6,7)27-28-60(46,8)9/h17-18,20-26,31-36,41,43,67H,16,19,27-30H2,1-15H3. The Hall–Kier alpha value is -4.41. The van der Waals surface area contributed by atoms with Gasteiger partial charge >= 0.3 is 0 Å². The van der Waals surface area contributed by atoms with Gasteiger partial charge in [0.15, 0.2) is 0 Å². The molecule has 2 heterocycles. The van der Waals surface area contributed by atoms with Gasteiger partial charge < -0.3 is 9.80 Å². The second-order valence-corrected chi connectivity index (χ2v) is 26.6. The van der Waals surface area contributed by atoms with Crippen molar-refractivity contribution in [3.05, 3.63) is 151 Å². The average molecular weight is 903 g/mol. The summed E-state index contributed by atoms with van der Waals surface area (Å²) in [6.07, 6.45) is 12.1. The van der Waals surface area contributed by atoms with Crippen molar-refractivity contribution in [1.29, 1.82) is 0 Å². The van der Waals surface area contributed by atoms with E-state index in [9.17, 15) is 0 Å². The predicted octanol–water partition coefficient (Wildman–Crippen LogP) is 16.0. The summed E-state index contributed by atoms with van der Waals surface area (Å²) < 4.78 is 0. The van der Waals surface area contributed by atoms with Gasteiger partial charge in [0.1, 0.15) is 0 Å². The topological polar surface area (TPSA) is 6.48 Å². The number of thiol groups is 1. The predicted molar refractivity (Wildman–Crippen MR) is 293 cm³/mol. The molecule has 0 aromatic heterocycles. The van der Waals surface area contributed by atoms with E-state index in [2.05, 4.69) is 205 Å². The molecule has 0 spiro atoms. The van der Waals surface area contributed by atoms with Crippen LogP contribution in [-0.4, -0.2) is 6.71 Å². The Morgan fingerprint density at radius 2 is 1.18 bits per heavy atom. The number of fused-ring (bicyclic) bond motifs is 7. The van der Waals surface area contributed by atoms with Gasteiger partial charge in [-0.2, -0.15) is 12.6 Å². The Balaban J connectivity index is 1.26. The van der Waals surface area contributed by atoms with E-state index in [4.69, 9.17) is 12.6 Å². The molecule has 0 bridgehead atoms. The summed E-state index contributed by atoms with van der Waals surface area (Å²) in [6, 6.07) is 32.3. The van der Waals surface area contributed by atoms with Crippen LogP contribution in [0.3, 0.4) is 0 Å². The summed E-state index contributed by atoms with van der Waals surface area (Å²) in [5.74, 6) is 0.965. The van der Waals surface area contributed by atoms with Crippen molar-refractivity contribution in [3.8, 4) is 0 Å². The first-order valence-corrected chi connectivity index (χ1v) is 26.2. The SMILES string of the molecule is Cc1cc2c3c(c1)N(c1cccc4c1C1CCC=CC1C4(C)C)c1cc4c(cc1B3C(S)=C(c1cc3c(cc1C)C(C)(C)CCC3(C)C)N2c1ccc(C(C)(C)C)cc1)C(C)(C)CCC4(C)C. The number of hydrogen-bond acceptors (Lipinski definition) is 3. The Kier molecular flexibility index (Phi) is 9.80. The molecule has 4 heteroatoms. The van der Waals surface area contributed by atoms with Gasteiger partial charge in [0.05, 0.1) is 5.70 Å². The van der Waals surface area contributed by atoms with Crippen LogP contribution in [0.4, 0.5) is 28.4 Å². The fourth-order valence-corrected chi connectivity index (χ4v) is 14.6. The highest BCUT2D eigenvalue weighted by molar-refractivity contribution is 7.87. The third kappa shape index (κ3) is 6.56. The van der Waals surface area contributed by atoms with Gasteiger partial charge in [0.25, 0.3) is 6.71 Å². The second kappa shape index (κ2) is 14.6. The minimum absolute atomic E-state index is 0.0399. The molecule has 2 unspecified atom stereocenters. The highest BCUT2D eigenvalue weighted by Gasteiger charge is 2.51. The maximum Gasteiger partial charge on any atom is 0.259 e. The van der Waals surface area contributed by atoms with Crippen LogP contribution in [0.15, 0.2) is 95.8 Å². The van der Waals surface area contributed by atoms with Crippen LogP contribution in [0, 0.1) is 19.8 Å². The van der Waals surface area contributed by atoms with Gasteiger partial charge in [-0.25, -0.2) is 0 Å². The van der Waals surface area contributed by atoms with E-state index in [0.29, 0.717) is 11.8 Å². The average Bonchev–Trinajstić information content (AvgIpc) is 3.50. The minimum atomic E-state index is -0.0510. The molecule has 0 N–H and O–H groups in total. The summed E-state index contributed by atoms with van der Waals surface area (Å²) in [4.78, 5) is 6.52. The quantitative estimate of drug-likeness (QED) is 0.109. The summed E-state index contributed by atoms with van der Waals surface area (Å²) in [5.41, 5.74) is 25.1. The molecule has 0 radical (unpaired) electrons. The summed E-state index contributed by atoms with van der Waals surface area (Å²) in [6.45, 7) is 36.4. The van der Waals surface area contributed by atoms with Crippen molar-refractivity contribution in [3.63, 3.8) is 0 Å². The first-order chi connectivity index (χ1) is 31.3. The lowest BCUT2D eigenvalue weighted by Crippen LogP contribution is -2.56. The third-order valence-corrected chi connectivity index (χ3v) is 18.9. The maximum atomic E-state index is 6.01. The molecule has 346 valence electrons. The van der Waals surface area contributed by atoms with Gasteiger partial charge in [-0.15, -0.1) is 0 Å². The van der Waals surface area contributed by atoms with Crippen LogP contribution in [0.25, 0.3) is 5.70 Å². The van der Waals surface area contributed by atoms with E-state index in [0.717, 1.165) is 11.2 Å². The van der Waals surface area contributed by atoms with Crippen molar-refractivity contribution in [2.45, 2.75) is 181 Å². The zero-order chi connectivity index (χ0) is 47.7. The molecule has 5 aromatic rings. The van der Waals surface area contributed by atoms with Gasteiger partial charge in [-0.3, -0.25) is 0 Å². The summed E-state index contributed by atoms with van der Waals surface area (Å²) >= 11 is 6.01. The number of hydrogen-bond donors (Lipinski definition) is 1. The Bertz CT molecular complexity index is 2980. The van der Waals surface area contributed by atoms with E-state index in [1.807, 2.05) is 0 Å². The Labute approximate surface area is 410 Å². The molecule has 4 aliphatic carbocycles. The van der Waals surface area contributed by atoms with E-state index < -0.39 is 0 Å². The number of rotatable bonds is 3. The highest BCUT2D eigenvalue weighted by atomic mass is 32.1. The largest absolute Gasteiger partial charge is 0.311 e. The molecule has 67 heavy (non-hydrogen) atoms. The van der Waals surface area contributed by atoms with Gasteiger partial charge in [0.2, 0.25) is 0 Å². The minimum Gasteiger partial charge on any atom is -0.311 e. The van der Waals surface area contributed by atoms with Crippen molar-refractivity contribution in [1.82, 2.24) is 0 Å². The number of benzene rings is 5. The van der Waals surface area contributed by atoms with Crippen molar-refractivity contribution in [2.75, 3.05) is 9.80 Å². The lowest BCUT2D eigenvalue weighted by Gasteiger charge is -2.48. The lowest BCUT2D eigenvalue weighted by atomic mass is 9.36. The molecule has 2 nitrogen and oxygen atoms in total. The van der Waals surface area contributed by atoms with Gasteiger partial charge in [-0.05, 0) is 205 Å². The molecule has 0 amide bonds. The van der Waals surface area contributed by atoms with Gasteiger partial charge in [0, 0.05) is 34.0 Å². The maximum absolute atomic E-state index is 6.01. The molecular formula is C63H75BN2S. The fraction of sp³-hybridized carbons (Fsp3) is 0.460. The second-order valence-electron chi connectivity index (χ2n) is 26.2. The molecule has 0 saturated heterocycles. The molecular weight excluding hydrogens is 828 g/mol. The molecule has 2 atom stereocenters. The molecule has 6 aliphatic rings. The number of allylic oxidation sites excluding steroid dienone is 2. The number of aryl methyl sites for hydroxylation is 2. The molecule has 5 aromatic carbocycles. The third-order valence-electron chi connectivity index (χ3n) is 18.4. The van der Waals surface area contributed by atoms with E-state index in [-0.39, 0.29) is 39.2 Å². The lowest BCUT2D eigenvalue weighted by molar-refractivity contribution is 0.331. The van der Waals surface area contributed by atoms with E-state index in [1.54, 1.807) is 5.56 Å². The van der Waals surface area contributed by atoms with Crippen LogP contribution in [-0.2, 0) is 32.5 Å². The number of anilines is 5. The van der Waals surface area contributed by atoms with Crippen LogP contribution in [0.1, 0.15) is 190 Å². The zero-order valence-electron chi connectivity index (χ0n) is 43.5. The smallest absolute Gasteiger partial charge is 0.259 e. The molecule has 0 saturated carbocycles. The van der Waals surface area contributed by atoms with Crippen molar-refractivity contribution < 1.29 is 0 Å². The Morgan fingerprint density at radius 3 is 1.79 bits per heavy atom. The monoisotopic (exact) mass is 903 g/mol. The molecule has 11 rings (SSSR count). The summed E-state index contributed by atoms with van der Waals surface area (Å²) in [5, 5.41) is 0. The first-order valence-electron chi connectivity index (χ1n) is 25.8. The van der Waals surface area contributed by atoms with Crippen LogP contribution in [0.5, 0.6) is 0 Å². The molecule has 2 aliphatic heterocycles. The molecule has 0 fully saturated rings. The zero-order valence-corrected chi connectivity index (χ0v) is 44.4. The van der Waals surface area contributed by atoms with Crippen LogP contribution in [0.2, 0.25) is 0 Å². The van der Waals surface area contributed by atoms with Crippen molar-refractivity contribution in [2.24, 2.45) is 5.92 Å². The Morgan fingerprint density at radius 1 is 0.612 bits per heavy atom.